The van der Waals surface area contributed by atoms with Crippen LogP contribution in [0.25, 0.3) is 5.57 Å². The number of rotatable bonds is 3. The molecule has 0 aromatic heterocycles. The first-order valence-electron chi connectivity index (χ1n) is 9.30. The van der Waals surface area contributed by atoms with E-state index in [-0.39, 0.29) is 23.5 Å². The molecule has 1 unspecified atom stereocenters. The Morgan fingerprint density at radius 1 is 1.21 bits per heavy atom. The third kappa shape index (κ3) is 3.46. The number of aliphatic hydroxyl groups excluding tert-OH is 1. The monoisotopic (exact) mass is 374 g/mol. The van der Waals surface area contributed by atoms with Gasteiger partial charge in [-0.3, -0.25) is 0 Å². The molecule has 1 aromatic carbocycles. The number of ether oxygens (including phenoxy) is 1. The molecule has 2 aliphatic rings. The van der Waals surface area contributed by atoms with Crippen LogP contribution in [-0.4, -0.2) is 30.4 Å². The molecular formula is C22H22N4O2. The van der Waals surface area contributed by atoms with Crippen molar-refractivity contribution in [3.8, 4) is 18.2 Å². The minimum Gasteiger partial charge on any atom is -0.480 e. The van der Waals surface area contributed by atoms with Crippen LogP contribution >= 0.6 is 0 Å². The van der Waals surface area contributed by atoms with E-state index in [0.29, 0.717) is 11.5 Å². The predicted octanol–water partition coefficient (Wildman–Crippen LogP) is 3.28. The number of nitrogens with zero attached hydrogens (tertiary/aromatic N) is 4. The van der Waals surface area contributed by atoms with E-state index in [0.717, 1.165) is 37.2 Å². The van der Waals surface area contributed by atoms with Crippen LogP contribution in [0.1, 0.15) is 32.3 Å². The number of nitriles is 3. The molecule has 28 heavy (non-hydrogen) atoms. The molecule has 2 aliphatic heterocycles. The van der Waals surface area contributed by atoms with Crippen molar-refractivity contribution in [3.63, 3.8) is 0 Å². The van der Waals surface area contributed by atoms with Crippen molar-refractivity contribution in [3.05, 3.63) is 46.7 Å². The topological polar surface area (TPSA) is 104 Å². The molecule has 1 fully saturated rings. The van der Waals surface area contributed by atoms with Crippen molar-refractivity contribution in [2.24, 2.45) is 5.92 Å². The van der Waals surface area contributed by atoms with E-state index in [4.69, 9.17) is 4.74 Å². The number of hydrogen-bond donors (Lipinski definition) is 1. The van der Waals surface area contributed by atoms with Gasteiger partial charge in [-0.15, -0.1) is 0 Å². The Bertz CT molecular complexity index is 936. The van der Waals surface area contributed by atoms with Crippen LogP contribution in [0.3, 0.4) is 0 Å². The molecule has 0 radical (unpaired) electrons. The van der Waals surface area contributed by atoms with Crippen molar-refractivity contribution in [1.29, 1.82) is 15.8 Å². The highest BCUT2D eigenvalue weighted by atomic mass is 16.5. The zero-order valence-electron chi connectivity index (χ0n) is 16.1. The van der Waals surface area contributed by atoms with Crippen LogP contribution in [0.2, 0.25) is 0 Å². The Hall–Kier alpha value is -3.27. The number of aliphatic hydroxyl groups is 1. The number of piperidine rings is 1. The van der Waals surface area contributed by atoms with Crippen LogP contribution in [-0.2, 0) is 4.74 Å². The molecule has 1 saturated heterocycles. The largest absolute Gasteiger partial charge is 0.480 e. The minimum absolute atomic E-state index is 0.0541. The van der Waals surface area contributed by atoms with E-state index < -0.39 is 5.60 Å². The van der Waals surface area contributed by atoms with E-state index in [1.807, 2.05) is 50.3 Å². The molecule has 6 heteroatoms. The second kappa shape index (κ2) is 7.77. The lowest BCUT2D eigenvalue weighted by molar-refractivity contribution is 0.109. The molecule has 6 nitrogen and oxygen atoms in total. The summed E-state index contributed by atoms with van der Waals surface area (Å²) in [5, 5.41) is 37.5. The molecule has 1 atom stereocenters. The van der Waals surface area contributed by atoms with Gasteiger partial charge in [0.2, 0.25) is 0 Å². The predicted molar refractivity (Wildman–Crippen MR) is 104 cm³/mol. The first-order chi connectivity index (χ1) is 13.4. The van der Waals surface area contributed by atoms with E-state index in [1.165, 1.54) is 0 Å². The summed E-state index contributed by atoms with van der Waals surface area (Å²) in [6, 6.07) is 13.6. The summed E-state index contributed by atoms with van der Waals surface area (Å²) >= 11 is 0. The maximum absolute atomic E-state index is 9.68. The normalized spacial score (nSPS) is 20.8. The van der Waals surface area contributed by atoms with Gasteiger partial charge in [-0.2, -0.15) is 15.8 Å². The van der Waals surface area contributed by atoms with E-state index in [9.17, 15) is 20.9 Å². The molecule has 2 heterocycles. The highest BCUT2D eigenvalue weighted by molar-refractivity contribution is 5.84. The molecule has 142 valence electrons. The van der Waals surface area contributed by atoms with Gasteiger partial charge < -0.3 is 14.7 Å². The summed E-state index contributed by atoms with van der Waals surface area (Å²) < 4.78 is 5.84. The van der Waals surface area contributed by atoms with Gasteiger partial charge in [0.1, 0.15) is 29.4 Å². The first kappa shape index (κ1) is 19.5. The molecule has 0 amide bonds. The van der Waals surface area contributed by atoms with Gasteiger partial charge in [0.25, 0.3) is 0 Å². The Morgan fingerprint density at radius 3 is 2.46 bits per heavy atom. The second-order valence-electron chi connectivity index (χ2n) is 7.59. The Kier molecular flexibility index (Phi) is 5.41. The van der Waals surface area contributed by atoms with E-state index >= 15 is 0 Å². The lowest BCUT2D eigenvalue weighted by Crippen LogP contribution is -2.36. The third-order valence-electron chi connectivity index (χ3n) is 5.30. The summed E-state index contributed by atoms with van der Waals surface area (Å²) in [6.45, 7) is 5.63. The van der Waals surface area contributed by atoms with Crippen molar-refractivity contribution in [1.82, 2.24) is 0 Å². The smallest absolute Gasteiger partial charge is 0.172 e. The van der Waals surface area contributed by atoms with Gasteiger partial charge in [0.15, 0.2) is 11.3 Å². The van der Waals surface area contributed by atoms with Crippen LogP contribution < -0.4 is 4.90 Å². The Morgan fingerprint density at radius 2 is 1.89 bits per heavy atom. The van der Waals surface area contributed by atoms with Gasteiger partial charge >= 0.3 is 0 Å². The zero-order valence-corrected chi connectivity index (χ0v) is 16.1. The van der Waals surface area contributed by atoms with Crippen molar-refractivity contribution in [2.75, 3.05) is 24.6 Å². The molecule has 1 N–H and O–H groups in total. The molecule has 0 bridgehead atoms. The summed E-state index contributed by atoms with van der Waals surface area (Å²) in [6.07, 6.45) is 2.10. The van der Waals surface area contributed by atoms with Crippen molar-refractivity contribution >= 4 is 11.3 Å². The van der Waals surface area contributed by atoms with Gasteiger partial charge in [-0.05, 0) is 50.3 Å². The first-order valence-corrected chi connectivity index (χ1v) is 9.30. The molecule has 3 rings (SSSR count). The SMILES string of the molecule is CC1(C)OC(=C(C#N)C#N)C(C#N)=C1c1ccc(N2CCCC(CO)C2)cc1. The van der Waals surface area contributed by atoms with E-state index in [2.05, 4.69) is 11.0 Å². The number of benzene rings is 1. The molecule has 1 aromatic rings. The lowest BCUT2D eigenvalue weighted by atomic mass is 9.88. The van der Waals surface area contributed by atoms with Crippen LogP contribution in [0.15, 0.2) is 41.2 Å². The average molecular weight is 374 g/mol. The van der Waals surface area contributed by atoms with Gasteiger partial charge in [0, 0.05) is 31.0 Å². The van der Waals surface area contributed by atoms with Gasteiger partial charge in [-0.25, -0.2) is 0 Å². The summed E-state index contributed by atoms with van der Waals surface area (Å²) in [7, 11) is 0. The highest BCUT2D eigenvalue weighted by Gasteiger charge is 2.40. The van der Waals surface area contributed by atoms with Crippen molar-refractivity contribution < 1.29 is 9.84 Å². The van der Waals surface area contributed by atoms with E-state index in [1.54, 1.807) is 0 Å². The maximum atomic E-state index is 9.68. The molecular weight excluding hydrogens is 352 g/mol. The Labute approximate surface area is 165 Å². The molecule has 0 saturated carbocycles. The summed E-state index contributed by atoms with van der Waals surface area (Å²) in [5.74, 6) is 0.352. The quantitative estimate of drug-likeness (QED) is 0.814. The van der Waals surface area contributed by atoms with Crippen LogP contribution in [0.5, 0.6) is 0 Å². The average Bonchev–Trinajstić information content (AvgIpc) is 2.99. The Balaban J connectivity index is 1.99. The fourth-order valence-corrected chi connectivity index (χ4v) is 3.96. The van der Waals surface area contributed by atoms with Crippen LogP contribution in [0, 0.1) is 39.9 Å². The highest BCUT2D eigenvalue weighted by Crippen LogP contribution is 2.45. The fraction of sp³-hybridized carbons (Fsp3) is 0.409. The number of hydrogen-bond acceptors (Lipinski definition) is 6. The molecule has 0 aliphatic carbocycles. The third-order valence-corrected chi connectivity index (χ3v) is 5.30. The van der Waals surface area contributed by atoms with Crippen LogP contribution in [0.4, 0.5) is 5.69 Å². The zero-order chi connectivity index (χ0) is 20.3. The molecule has 0 spiro atoms. The fourth-order valence-electron chi connectivity index (χ4n) is 3.96. The standard InChI is InChI=1S/C22H22N4O2/c1-22(2)20(19(12-25)21(28-22)17(10-23)11-24)16-5-7-18(8-6-16)26-9-3-4-15(13-26)14-27/h5-8,15,27H,3-4,9,13-14H2,1-2H3. The van der Waals surface area contributed by atoms with Gasteiger partial charge in [-0.1, -0.05) is 12.1 Å². The van der Waals surface area contributed by atoms with Crippen molar-refractivity contribution in [2.45, 2.75) is 32.3 Å². The lowest BCUT2D eigenvalue weighted by Gasteiger charge is -2.33. The maximum Gasteiger partial charge on any atom is 0.172 e. The minimum atomic E-state index is -0.825. The summed E-state index contributed by atoms with van der Waals surface area (Å²) in [5.41, 5.74) is 1.78. The number of allylic oxidation sites excluding steroid dienone is 2. The number of anilines is 1. The van der Waals surface area contributed by atoms with Gasteiger partial charge in [0.05, 0.1) is 0 Å². The second-order valence-corrected chi connectivity index (χ2v) is 7.59. The summed E-state index contributed by atoms with van der Waals surface area (Å²) in [4.78, 5) is 2.26.